The normalized spacial score (nSPS) is 14.4. The first-order valence-corrected chi connectivity index (χ1v) is 6.97. The van der Waals surface area contributed by atoms with Gasteiger partial charge in [0, 0.05) is 0 Å². The summed E-state index contributed by atoms with van der Waals surface area (Å²) in [6.45, 7) is 6.14. The number of hydrogen-bond donors (Lipinski definition) is 1. The molecule has 0 aliphatic rings. The molecule has 2 nitrogen and oxygen atoms in total. The van der Waals surface area contributed by atoms with Gasteiger partial charge in [-0.1, -0.05) is 67.0 Å². The predicted molar refractivity (Wildman–Crippen MR) is 75.2 cm³/mol. The van der Waals surface area contributed by atoms with E-state index in [-0.39, 0.29) is 16.8 Å². The quantitative estimate of drug-likeness (QED) is 0.826. The summed E-state index contributed by atoms with van der Waals surface area (Å²) in [5.74, 6) is 0.360. The van der Waals surface area contributed by atoms with E-state index in [1.165, 1.54) is 0 Å². The summed E-state index contributed by atoms with van der Waals surface area (Å²) < 4.78 is 0. The summed E-state index contributed by atoms with van der Waals surface area (Å²) in [4.78, 5) is 11.8. The van der Waals surface area contributed by atoms with Crippen LogP contribution in [-0.4, -0.2) is 10.7 Å². The lowest BCUT2D eigenvalue weighted by Crippen LogP contribution is -2.36. The first kappa shape index (κ1) is 14.2. The number of rotatable bonds is 5. The number of amides is 1. The van der Waals surface area contributed by atoms with E-state index in [1.54, 1.807) is 0 Å². The zero-order valence-corrected chi connectivity index (χ0v) is 12.2. The molecule has 1 amide bonds. The molecule has 1 aromatic carbocycles. The molecule has 1 rings (SSSR count). The lowest BCUT2D eigenvalue weighted by atomic mass is 10.0. The minimum Gasteiger partial charge on any atom is -0.348 e. The van der Waals surface area contributed by atoms with Crippen LogP contribution in [0.4, 0.5) is 0 Å². The number of alkyl halides is 1. The highest BCUT2D eigenvalue weighted by Crippen LogP contribution is 2.18. The van der Waals surface area contributed by atoms with E-state index in [2.05, 4.69) is 28.2 Å². The third-order valence-electron chi connectivity index (χ3n) is 2.76. The van der Waals surface area contributed by atoms with Gasteiger partial charge in [-0.25, -0.2) is 0 Å². The van der Waals surface area contributed by atoms with Gasteiger partial charge in [-0.15, -0.1) is 0 Å². The molecule has 0 radical (unpaired) electrons. The molecule has 94 valence electrons. The molecule has 0 fully saturated rings. The van der Waals surface area contributed by atoms with Crippen molar-refractivity contribution in [1.82, 2.24) is 5.32 Å². The van der Waals surface area contributed by atoms with Crippen molar-refractivity contribution in [2.75, 3.05) is 0 Å². The Hall–Kier alpha value is -0.830. The maximum absolute atomic E-state index is 12.0. The number of nitrogens with one attached hydrogen (secondary N) is 1. The molecule has 17 heavy (non-hydrogen) atoms. The smallest absolute Gasteiger partial charge is 0.234 e. The molecule has 0 saturated heterocycles. The van der Waals surface area contributed by atoms with Gasteiger partial charge in [0.05, 0.1) is 10.9 Å². The first-order valence-electron chi connectivity index (χ1n) is 6.05. The molecular formula is C14H20BrNO. The van der Waals surface area contributed by atoms with Crippen molar-refractivity contribution in [3.8, 4) is 0 Å². The van der Waals surface area contributed by atoms with Crippen molar-refractivity contribution in [3.63, 3.8) is 0 Å². The maximum atomic E-state index is 12.0. The highest BCUT2D eigenvalue weighted by atomic mass is 79.9. The Morgan fingerprint density at radius 2 is 1.88 bits per heavy atom. The molecule has 0 heterocycles. The summed E-state index contributed by atoms with van der Waals surface area (Å²) in [7, 11) is 0. The Bertz CT molecular complexity index is 350. The second-order valence-corrected chi connectivity index (χ2v) is 5.51. The van der Waals surface area contributed by atoms with E-state index in [1.807, 2.05) is 44.2 Å². The molecular weight excluding hydrogens is 278 g/mol. The fourth-order valence-corrected chi connectivity index (χ4v) is 1.79. The molecule has 1 aromatic rings. The molecule has 3 heteroatoms. The van der Waals surface area contributed by atoms with E-state index in [9.17, 15) is 4.79 Å². The van der Waals surface area contributed by atoms with Crippen LogP contribution in [0.25, 0.3) is 0 Å². The van der Waals surface area contributed by atoms with Gasteiger partial charge >= 0.3 is 0 Å². The summed E-state index contributed by atoms with van der Waals surface area (Å²) in [6, 6.07) is 10.2. The average Bonchev–Trinajstić information content (AvgIpc) is 2.35. The van der Waals surface area contributed by atoms with Gasteiger partial charge in [-0.05, 0) is 17.9 Å². The van der Waals surface area contributed by atoms with E-state index >= 15 is 0 Å². The zero-order valence-electron chi connectivity index (χ0n) is 10.6. The van der Waals surface area contributed by atoms with Gasteiger partial charge in [-0.3, -0.25) is 4.79 Å². The average molecular weight is 298 g/mol. The fraction of sp³-hybridized carbons (Fsp3) is 0.500. The van der Waals surface area contributed by atoms with Crippen LogP contribution in [0.3, 0.4) is 0 Å². The Morgan fingerprint density at radius 1 is 1.29 bits per heavy atom. The SMILES string of the molecule is CC[C@@H](NC(=O)C(Br)C(C)C)c1ccccc1. The molecule has 2 atom stereocenters. The van der Waals surface area contributed by atoms with Crippen molar-refractivity contribution in [2.45, 2.75) is 38.1 Å². The minimum absolute atomic E-state index is 0.0655. The number of carbonyl (C=O) groups is 1. The van der Waals surface area contributed by atoms with Crippen LogP contribution in [0, 0.1) is 5.92 Å². The van der Waals surface area contributed by atoms with Gasteiger partial charge in [0.2, 0.25) is 5.91 Å². The van der Waals surface area contributed by atoms with Gasteiger partial charge < -0.3 is 5.32 Å². The lowest BCUT2D eigenvalue weighted by molar-refractivity contribution is -0.121. The minimum atomic E-state index is -0.125. The topological polar surface area (TPSA) is 29.1 Å². The molecule has 0 aliphatic heterocycles. The van der Waals surface area contributed by atoms with Crippen LogP contribution in [-0.2, 0) is 4.79 Å². The van der Waals surface area contributed by atoms with Crippen LogP contribution in [0.1, 0.15) is 38.8 Å². The van der Waals surface area contributed by atoms with E-state index in [4.69, 9.17) is 0 Å². The summed E-state index contributed by atoms with van der Waals surface area (Å²) in [5.41, 5.74) is 1.16. The van der Waals surface area contributed by atoms with E-state index in [0.717, 1.165) is 12.0 Å². The predicted octanol–water partition coefficient (Wildman–Crippen LogP) is 3.67. The monoisotopic (exact) mass is 297 g/mol. The standard InChI is InChI=1S/C14H20BrNO/c1-4-12(11-8-6-5-7-9-11)16-14(17)13(15)10(2)3/h5-10,12-13H,4H2,1-3H3,(H,16,17)/t12-,13?/m1/s1. The van der Waals surface area contributed by atoms with Crippen LogP contribution in [0.2, 0.25) is 0 Å². The second-order valence-electron chi connectivity index (χ2n) is 4.53. The van der Waals surface area contributed by atoms with Crippen LogP contribution < -0.4 is 5.32 Å². The Morgan fingerprint density at radius 3 is 2.35 bits per heavy atom. The number of benzene rings is 1. The molecule has 0 spiro atoms. The van der Waals surface area contributed by atoms with Gasteiger partial charge in [0.25, 0.3) is 0 Å². The maximum Gasteiger partial charge on any atom is 0.234 e. The molecule has 0 aromatic heterocycles. The lowest BCUT2D eigenvalue weighted by Gasteiger charge is -2.21. The second kappa shape index (κ2) is 6.80. The highest BCUT2D eigenvalue weighted by molar-refractivity contribution is 9.10. The molecule has 1 unspecified atom stereocenters. The Balaban J connectivity index is 2.68. The highest BCUT2D eigenvalue weighted by Gasteiger charge is 2.21. The summed E-state index contributed by atoms with van der Waals surface area (Å²) >= 11 is 3.43. The molecule has 1 N–H and O–H groups in total. The molecule has 0 bridgehead atoms. The Labute approximate surface area is 112 Å². The summed E-state index contributed by atoms with van der Waals surface area (Å²) in [5, 5.41) is 3.08. The first-order chi connectivity index (χ1) is 8.06. The van der Waals surface area contributed by atoms with Crippen molar-refractivity contribution in [3.05, 3.63) is 35.9 Å². The van der Waals surface area contributed by atoms with Crippen molar-refractivity contribution < 1.29 is 4.79 Å². The van der Waals surface area contributed by atoms with Crippen LogP contribution >= 0.6 is 15.9 Å². The molecule has 0 aliphatic carbocycles. The van der Waals surface area contributed by atoms with Gasteiger partial charge in [-0.2, -0.15) is 0 Å². The zero-order chi connectivity index (χ0) is 12.8. The molecule has 0 saturated carbocycles. The van der Waals surface area contributed by atoms with Crippen molar-refractivity contribution >= 4 is 21.8 Å². The summed E-state index contributed by atoms with van der Waals surface area (Å²) in [6.07, 6.45) is 0.896. The van der Waals surface area contributed by atoms with Gasteiger partial charge in [0.15, 0.2) is 0 Å². The number of halogens is 1. The van der Waals surface area contributed by atoms with Gasteiger partial charge in [0.1, 0.15) is 0 Å². The third kappa shape index (κ3) is 4.15. The number of carbonyl (C=O) groups excluding carboxylic acids is 1. The van der Waals surface area contributed by atoms with E-state index < -0.39 is 0 Å². The van der Waals surface area contributed by atoms with E-state index in [0.29, 0.717) is 5.92 Å². The number of hydrogen-bond acceptors (Lipinski definition) is 1. The van der Waals surface area contributed by atoms with Crippen LogP contribution in [0.15, 0.2) is 30.3 Å². The Kier molecular flexibility index (Phi) is 5.69. The fourth-order valence-electron chi connectivity index (χ4n) is 1.66. The third-order valence-corrected chi connectivity index (χ3v) is 4.24. The van der Waals surface area contributed by atoms with Crippen molar-refractivity contribution in [2.24, 2.45) is 5.92 Å². The largest absolute Gasteiger partial charge is 0.348 e. The van der Waals surface area contributed by atoms with Crippen LogP contribution in [0.5, 0.6) is 0 Å². The van der Waals surface area contributed by atoms with Crippen molar-refractivity contribution in [1.29, 1.82) is 0 Å².